The van der Waals surface area contributed by atoms with E-state index in [-0.39, 0.29) is 10.6 Å². The quantitative estimate of drug-likeness (QED) is 0.550. The third-order valence-electron chi connectivity index (χ3n) is 1.76. The number of nitrogen functional groups attached to an aromatic ring is 1. The van der Waals surface area contributed by atoms with Crippen molar-refractivity contribution in [1.82, 2.24) is 19.8 Å². The first kappa shape index (κ1) is 11.6. The predicted molar refractivity (Wildman–Crippen MR) is 62.7 cm³/mol. The second-order valence-electron chi connectivity index (χ2n) is 2.82. The van der Waals surface area contributed by atoms with Crippen LogP contribution in [0.2, 0.25) is 5.02 Å². The van der Waals surface area contributed by atoms with Crippen LogP contribution in [0.4, 0.5) is 10.9 Å². The second kappa shape index (κ2) is 4.99. The van der Waals surface area contributed by atoms with Crippen molar-refractivity contribution < 1.29 is 4.79 Å². The summed E-state index contributed by atoms with van der Waals surface area (Å²) >= 11 is 6.80. The Morgan fingerprint density at radius 3 is 2.94 bits per heavy atom. The SMILES string of the molecule is NNc1ncc(C(=O)Nc2nnns2)cc1Cl. The average Bonchev–Trinajstić information content (AvgIpc) is 2.81. The van der Waals surface area contributed by atoms with E-state index in [1.165, 1.54) is 12.3 Å². The van der Waals surface area contributed by atoms with Crippen molar-refractivity contribution in [1.29, 1.82) is 0 Å². The summed E-state index contributed by atoms with van der Waals surface area (Å²) in [6.07, 6.45) is 1.34. The lowest BCUT2D eigenvalue weighted by molar-refractivity contribution is 0.102. The number of nitrogens with zero attached hydrogens (tertiary/aromatic N) is 4. The molecule has 4 N–H and O–H groups in total. The summed E-state index contributed by atoms with van der Waals surface area (Å²) < 4.78 is 3.51. The van der Waals surface area contributed by atoms with E-state index in [0.29, 0.717) is 10.9 Å². The van der Waals surface area contributed by atoms with Crippen LogP contribution in [0.25, 0.3) is 0 Å². The highest BCUT2D eigenvalue weighted by atomic mass is 35.5. The van der Waals surface area contributed by atoms with E-state index in [1.807, 2.05) is 0 Å². The first-order valence-electron chi connectivity index (χ1n) is 4.29. The summed E-state index contributed by atoms with van der Waals surface area (Å²) in [7, 11) is 0. The molecule has 0 radical (unpaired) electrons. The maximum Gasteiger partial charge on any atom is 0.259 e. The molecule has 0 unspecified atom stereocenters. The molecule has 17 heavy (non-hydrogen) atoms. The molecular weight excluding hydrogens is 266 g/mol. The Morgan fingerprint density at radius 1 is 1.53 bits per heavy atom. The third-order valence-corrected chi connectivity index (χ3v) is 2.56. The number of hydrogen-bond acceptors (Lipinski definition) is 8. The van der Waals surface area contributed by atoms with Gasteiger partial charge in [0.15, 0.2) is 5.82 Å². The smallest absolute Gasteiger partial charge is 0.259 e. The van der Waals surface area contributed by atoms with Gasteiger partial charge in [-0.25, -0.2) is 10.8 Å². The van der Waals surface area contributed by atoms with Gasteiger partial charge in [0.2, 0.25) is 5.13 Å². The fraction of sp³-hybridized carbons (Fsp3) is 0. The monoisotopic (exact) mass is 271 g/mol. The Balaban J connectivity index is 2.17. The lowest BCUT2D eigenvalue weighted by Crippen LogP contribution is -2.14. The van der Waals surface area contributed by atoms with E-state index in [1.54, 1.807) is 0 Å². The van der Waals surface area contributed by atoms with Crippen molar-refractivity contribution in [2.24, 2.45) is 5.84 Å². The standard InChI is InChI=1S/C7H6ClN7OS/c8-4-1-3(2-10-5(4)12-9)6(16)11-7-13-14-15-17-7/h1-2H,9H2,(H,10,12)(H,11,13,15,16). The van der Waals surface area contributed by atoms with Gasteiger partial charge in [0, 0.05) is 17.7 Å². The van der Waals surface area contributed by atoms with Gasteiger partial charge in [0.1, 0.15) is 0 Å². The lowest BCUT2D eigenvalue weighted by atomic mass is 10.2. The second-order valence-corrected chi connectivity index (χ2v) is 3.96. The van der Waals surface area contributed by atoms with Crippen molar-refractivity contribution in [2.45, 2.75) is 0 Å². The number of amides is 1. The van der Waals surface area contributed by atoms with Gasteiger partial charge in [-0.05, 0) is 11.3 Å². The first-order valence-corrected chi connectivity index (χ1v) is 5.44. The molecule has 0 spiro atoms. The number of carbonyl (C=O) groups excluding carboxylic acids is 1. The zero-order valence-corrected chi connectivity index (χ0v) is 9.79. The minimum absolute atomic E-state index is 0.246. The lowest BCUT2D eigenvalue weighted by Gasteiger charge is -2.04. The Morgan fingerprint density at radius 2 is 2.35 bits per heavy atom. The molecule has 1 amide bonds. The number of halogens is 1. The molecule has 0 aliphatic carbocycles. The van der Waals surface area contributed by atoms with Crippen molar-refractivity contribution >= 4 is 40.0 Å². The zero-order valence-electron chi connectivity index (χ0n) is 8.22. The van der Waals surface area contributed by atoms with Crippen molar-refractivity contribution in [3.63, 3.8) is 0 Å². The van der Waals surface area contributed by atoms with E-state index in [4.69, 9.17) is 17.4 Å². The van der Waals surface area contributed by atoms with Crippen LogP contribution in [-0.2, 0) is 0 Å². The number of nitrogens with two attached hydrogens (primary N) is 1. The largest absolute Gasteiger partial charge is 0.307 e. The van der Waals surface area contributed by atoms with Gasteiger partial charge in [-0.3, -0.25) is 10.1 Å². The highest BCUT2D eigenvalue weighted by Crippen LogP contribution is 2.19. The maximum absolute atomic E-state index is 11.7. The number of hydrazine groups is 1. The minimum atomic E-state index is -0.401. The van der Waals surface area contributed by atoms with Crippen LogP contribution >= 0.6 is 23.1 Å². The average molecular weight is 272 g/mol. The van der Waals surface area contributed by atoms with E-state index < -0.39 is 5.91 Å². The van der Waals surface area contributed by atoms with Crippen LogP contribution in [0.5, 0.6) is 0 Å². The molecule has 0 aromatic carbocycles. The number of aromatic nitrogens is 4. The van der Waals surface area contributed by atoms with Crippen molar-refractivity contribution in [2.75, 3.05) is 10.7 Å². The van der Waals surface area contributed by atoms with Crippen molar-refractivity contribution in [3.8, 4) is 0 Å². The molecule has 88 valence electrons. The molecule has 0 saturated carbocycles. The molecule has 0 saturated heterocycles. The number of nitrogens with one attached hydrogen (secondary N) is 2. The van der Waals surface area contributed by atoms with Crippen LogP contribution in [0.15, 0.2) is 12.3 Å². The van der Waals surface area contributed by atoms with E-state index in [9.17, 15) is 4.79 Å². The van der Waals surface area contributed by atoms with Crippen LogP contribution in [-0.4, -0.2) is 25.7 Å². The number of anilines is 2. The van der Waals surface area contributed by atoms with E-state index in [0.717, 1.165) is 11.5 Å². The summed E-state index contributed by atoms with van der Waals surface area (Å²) in [5.74, 6) is 5.06. The molecule has 0 fully saturated rings. The normalized spacial score (nSPS) is 10.0. The van der Waals surface area contributed by atoms with Gasteiger partial charge in [-0.2, -0.15) is 0 Å². The molecule has 2 heterocycles. The number of carbonyl (C=O) groups is 1. The predicted octanol–water partition coefficient (Wildman–Crippen LogP) is 0.519. The summed E-state index contributed by atoms with van der Waals surface area (Å²) in [4.78, 5) is 15.6. The van der Waals surface area contributed by atoms with Gasteiger partial charge in [-0.1, -0.05) is 21.2 Å². The highest BCUT2D eigenvalue weighted by Gasteiger charge is 2.11. The summed E-state index contributed by atoms with van der Waals surface area (Å²) in [6, 6.07) is 1.44. The molecule has 0 aliphatic heterocycles. The van der Waals surface area contributed by atoms with Crippen LogP contribution in [0.1, 0.15) is 10.4 Å². The van der Waals surface area contributed by atoms with Crippen LogP contribution < -0.4 is 16.6 Å². The van der Waals surface area contributed by atoms with Gasteiger partial charge in [0.05, 0.1) is 10.6 Å². The fourth-order valence-corrected chi connectivity index (χ4v) is 1.60. The Bertz CT molecular complexity index is 531. The Hall–Kier alpha value is -1.84. The Labute approximate surface area is 104 Å². The van der Waals surface area contributed by atoms with E-state index >= 15 is 0 Å². The molecule has 2 aromatic rings. The fourth-order valence-electron chi connectivity index (χ4n) is 1.02. The number of pyridine rings is 1. The molecular formula is C7H6ClN7OS. The number of rotatable bonds is 3. The van der Waals surface area contributed by atoms with Gasteiger partial charge in [-0.15, -0.1) is 0 Å². The van der Waals surface area contributed by atoms with Crippen LogP contribution in [0, 0.1) is 0 Å². The number of hydrogen-bond donors (Lipinski definition) is 3. The molecule has 2 rings (SSSR count). The topological polar surface area (TPSA) is 119 Å². The summed E-state index contributed by atoms with van der Waals surface area (Å²) in [5, 5.41) is 9.97. The maximum atomic E-state index is 11.7. The molecule has 0 bridgehead atoms. The molecule has 0 aliphatic rings. The third kappa shape index (κ3) is 2.64. The first-order chi connectivity index (χ1) is 8.20. The van der Waals surface area contributed by atoms with Crippen LogP contribution in [0.3, 0.4) is 0 Å². The molecule has 0 atom stereocenters. The summed E-state index contributed by atoms with van der Waals surface area (Å²) in [5.41, 5.74) is 2.58. The van der Waals surface area contributed by atoms with E-state index in [2.05, 4.69) is 30.5 Å². The van der Waals surface area contributed by atoms with Gasteiger partial charge >= 0.3 is 0 Å². The minimum Gasteiger partial charge on any atom is -0.307 e. The summed E-state index contributed by atoms with van der Waals surface area (Å²) in [6.45, 7) is 0. The zero-order chi connectivity index (χ0) is 12.3. The molecule has 10 heteroatoms. The highest BCUT2D eigenvalue weighted by molar-refractivity contribution is 7.09. The van der Waals surface area contributed by atoms with Gasteiger partial charge < -0.3 is 5.43 Å². The van der Waals surface area contributed by atoms with Crippen molar-refractivity contribution in [3.05, 3.63) is 22.8 Å². The molecule has 8 nitrogen and oxygen atoms in total. The molecule has 2 aromatic heterocycles. The Kier molecular flexibility index (Phi) is 3.42. The van der Waals surface area contributed by atoms with Gasteiger partial charge in [0.25, 0.3) is 5.91 Å².